The molecule has 0 amide bonds. The molecule has 0 aromatic carbocycles. The Morgan fingerprint density at radius 2 is 2.55 bits per heavy atom. The molecule has 0 aromatic rings. The zero-order chi connectivity index (χ0) is 8.27. The van der Waals surface area contributed by atoms with Gasteiger partial charge in [-0.05, 0) is 6.42 Å². The first-order chi connectivity index (χ1) is 5.27. The van der Waals surface area contributed by atoms with E-state index < -0.39 is 0 Å². The summed E-state index contributed by atoms with van der Waals surface area (Å²) in [6, 6.07) is 0. The van der Waals surface area contributed by atoms with Crippen LogP contribution in [0.3, 0.4) is 0 Å². The first kappa shape index (κ1) is 8.31. The van der Waals surface area contributed by atoms with E-state index in [1.165, 1.54) is 12.1 Å². The molecular weight excluding hydrogens is 136 g/mol. The van der Waals surface area contributed by atoms with E-state index in [1.807, 2.05) is 18.1 Å². The Morgan fingerprint density at radius 1 is 1.82 bits per heavy atom. The van der Waals surface area contributed by atoms with E-state index in [0.717, 1.165) is 13.0 Å². The van der Waals surface area contributed by atoms with Crippen molar-refractivity contribution in [2.24, 2.45) is 11.0 Å². The molecule has 11 heavy (non-hydrogen) atoms. The zero-order valence-corrected chi connectivity index (χ0v) is 7.38. The van der Waals surface area contributed by atoms with E-state index in [2.05, 4.69) is 18.6 Å². The second-order valence-corrected chi connectivity index (χ2v) is 3.02. The summed E-state index contributed by atoms with van der Waals surface area (Å²) in [4.78, 5) is 0. The minimum Gasteiger partial charge on any atom is -0.299 e. The molecule has 1 aliphatic heterocycles. The third kappa shape index (κ3) is 1.82. The third-order valence-corrected chi connectivity index (χ3v) is 1.98. The van der Waals surface area contributed by atoms with Crippen LogP contribution in [0.5, 0.6) is 0 Å². The van der Waals surface area contributed by atoms with Gasteiger partial charge in [-0.15, -0.1) is 6.58 Å². The van der Waals surface area contributed by atoms with Crippen molar-refractivity contribution in [2.75, 3.05) is 13.6 Å². The van der Waals surface area contributed by atoms with Crippen molar-refractivity contribution in [3.8, 4) is 0 Å². The number of hydrazone groups is 1. The van der Waals surface area contributed by atoms with E-state index in [0.29, 0.717) is 5.92 Å². The fourth-order valence-electron chi connectivity index (χ4n) is 1.43. The lowest BCUT2D eigenvalue weighted by molar-refractivity contribution is 0.376. The Balaban J connectivity index is 2.58. The molecule has 0 N–H and O–H groups in total. The van der Waals surface area contributed by atoms with Crippen molar-refractivity contribution in [2.45, 2.75) is 19.8 Å². The minimum absolute atomic E-state index is 0.500. The zero-order valence-electron chi connectivity index (χ0n) is 7.38. The lowest BCUT2D eigenvalue weighted by atomic mass is 10.0. The van der Waals surface area contributed by atoms with Gasteiger partial charge in [-0.2, -0.15) is 5.10 Å². The standard InChI is InChI=1S/C9H16N2/c1-4-6-9-8(5-2)7-11(3)10-9/h5,8H,2,4,6-7H2,1,3H3. The first-order valence-corrected chi connectivity index (χ1v) is 4.19. The molecule has 1 aliphatic rings. The molecule has 0 spiro atoms. The predicted octanol–water partition coefficient (Wildman–Crippen LogP) is 1.89. The predicted molar refractivity (Wildman–Crippen MR) is 48.7 cm³/mol. The fraction of sp³-hybridized carbons (Fsp3) is 0.667. The highest BCUT2D eigenvalue weighted by Gasteiger charge is 2.20. The van der Waals surface area contributed by atoms with Crippen LogP contribution in [0.4, 0.5) is 0 Å². The molecule has 1 unspecified atom stereocenters. The molecule has 0 radical (unpaired) electrons. The van der Waals surface area contributed by atoms with Gasteiger partial charge in [-0.25, -0.2) is 0 Å². The van der Waals surface area contributed by atoms with Gasteiger partial charge in [0.25, 0.3) is 0 Å². The molecule has 1 atom stereocenters. The molecule has 0 bridgehead atoms. The SMILES string of the molecule is C=CC1CN(C)N=C1CCC. The Hall–Kier alpha value is -0.790. The largest absolute Gasteiger partial charge is 0.299 e. The van der Waals surface area contributed by atoms with Crippen molar-refractivity contribution >= 4 is 5.71 Å². The van der Waals surface area contributed by atoms with Crippen LogP contribution in [0.15, 0.2) is 17.8 Å². The maximum atomic E-state index is 4.41. The molecule has 1 heterocycles. The molecule has 0 saturated carbocycles. The average molecular weight is 152 g/mol. The number of hydrogen-bond donors (Lipinski definition) is 0. The summed E-state index contributed by atoms with van der Waals surface area (Å²) in [7, 11) is 2.01. The van der Waals surface area contributed by atoms with E-state index in [-0.39, 0.29) is 0 Å². The monoisotopic (exact) mass is 152 g/mol. The van der Waals surface area contributed by atoms with Crippen molar-refractivity contribution < 1.29 is 0 Å². The van der Waals surface area contributed by atoms with Gasteiger partial charge in [0.2, 0.25) is 0 Å². The number of nitrogens with zero attached hydrogens (tertiary/aromatic N) is 2. The highest BCUT2D eigenvalue weighted by atomic mass is 15.5. The van der Waals surface area contributed by atoms with Crippen LogP contribution in [0, 0.1) is 5.92 Å². The summed E-state index contributed by atoms with van der Waals surface area (Å²) in [5.41, 5.74) is 1.30. The minimum atomic E-state index is 0.500. The van der Waals surface area contributed by atoms with E-state index in [1.54, 1.807) is 0 Å². The van der Waals surface area contributed by atoms with Gasteiger partial charge >= 0.3 is 0 Å². The molecular formula is C9H16N2. The van der Waals surface area contributed by atoms with E-state index >= 15 is 0 Å². The highest BCUT2D eigenvalue weighted by Crippen LogP contribution is 2.16. The van der Waals surface area contributed by atoms with Crippen molar-refractivity contribution in [1.29, 1.82) is 0 Å². The van der Waals surface area contributed by atoms with Crippen LogP contribution in [0.1, 0.15) is 19.8 Å². The Kier molecular flexibility index (Phi) is 2.69. The Bertz CT molecular complexity index is 172. The Labute approximate surface area is 68.6 Å². The quantitative estimate of drug-likeness (QED) is 0.564. The smallest absolute Gasteiger partial charge is 0.0473 e. The van der Waals surface area contributed by atoms with Gasteiger partial charge in [0, 0.05) is 25.2 Å². The van der Waals surface area contributed by atoms with Crippen molar-refractivity contribution in [3.63, 3.8) is 0 Å². The molecule has 0 fully saturated rings. The van der Waals surface area contributed by atoms with Gasteiger partial charge in [0.05, 0.1) is 0 Å². The van der Waals surface area contributed by atoms with Gasteiger partial charge in [-0.1, -0.05) is 19.4 Å². The third-order valence-electron chi connectivity index (χ3n) is 1.98. The number of hydrogen-bond acceptors (Lipinski definition) is 2. The van der Waals surface area contributed by atoms with Gasteiger partial charge in [0.15, 0.2) is 0 Å². The molecule has 0 saturated heterocycles. The normalized spacial score (nSPS) is 23.6. The van der Waals surface area contributed by atoms with Crippen LogP contribution < -0.4 is 0 Å². The molecule has 0 aliphatic carbocycles. The fourth-order valence-corrected chi connectivity index (χ4v) is 1.43. The average Bonchev–Trinajstić information content (AvgIpc) is 2.32. The molecule has 2 heteroatoms. The maximum Gasteiger partial charge on any atom is 0.0473 e. The maximum absolute atomic E-state index is 4.41. The van der Waals surface area contributed by atoms with E-state index in [9.17, 15) is 0 Å². The lowest BCUT2D eigenvalue weighted by Crippen LogP contribution is -2.14. The van der Waals surface area contributed by atoms with Gasteiger partial charge in [0.1, 0.15) is 0 Å². The highest BCUT2D eigenvalue weighted by molar-refractivity contribution is 5.89. The van der Waals surface area contributed by atoms with Gasteiger partial charge < -0.3 is 0 Å². The summed E-state index contributed by atoms with van der Waals surface area (Å²) in [6.07, 6.45) is 4.29. The molecule has 2 nitrogen and oxygen atoms in total. The van der Waals surface area contributed by atoms with E-state index in [4.69, 9.17) is 0 Å². The molecule has 62 valence electrons. The van der Waals surface area contributed by atoms with Crippen molar-refractivity contribution in [3.05, 3.63) is 12.7 Å². The summed E-state index contributed by atoms with van der Waals surface area (Å²) in [5, 5.41) is 6.41. The number of rotatable bonds is 3. The first-order valence-electron chi connectivity index (χ1n) is 4.19. The van der Waals surface area contributed by atoms with Crippen LogP contribution in [0.2, 0.25) is 0 Å². The van der Waals surface area contributed by atoms with Crippen LogP contribution >= 0.6 is 0 Å². The second kappa shape index (κ2) is 3.56. The van der Waals surface area contributed by atoms with Crippen LogP contribution in [0.25, 0.3) is 0 Å². The van der Waals surface area contributed by atoms with Crippen molar-refractivity contribution in [1.82, 2.24) is 5.01 Å². The van der Waals surface area contributed by atoms with Crippen LogP contribution in [-0.2, 0) is 0 Å². The summed E-state index contributed by atoms with van der Waals surface area (Å²) >= 11 is 0. The molecule has 0 aromatic heterocycles. The van der Waals surface area contributed by atoms with Gasteiger partial charge in [-0.3, -0.25) is 5.01 Å². The summed E-state index contributed by atoms with van der Waals surface area (Å²) in [6.45, 7) is 7.00. The second-order valence-electron chi connectivity index (χ2n) is 3.02. The molecule has 1 rings (SSSR count). The lowest BCUT2D eigenvalue weighted by Gasteiger charge is -2.05. The summed E-state index contributed by atoms with van der Waals surface area (Å²) < 4.78 is 0. The Morgan fingerprint density at radius 3 is 3.09 bits per heavy atom. The summed E-state index contributed by atoms with van der Waals surface area (Å²) in [5.74, 6) is 0.500. The topological polar surface area (TPSA) is 15.6 Å². The van der Waals surface area contributed by atoms with Crippen LogP contribution in [-0.4, -0.2) is 24.3 Å².